The highest BCUT2D eigenvalue weighted by molar-refractivity contribution is 7.99. The minimum absolute atomic E-state index is 0.787. The van der Waals surface area contributed by atoms with Crippen molar-refractivity contribution in [3.8, 4) is 0 Å². The summed E-state index contributed by atoms with van der Waals surface area (Å²) < 4.78 is 0.787. The molecule has 0 bridgehead atoms. The highest BCUT2D eigenvalue weighted by atomic mass is 32.2. The molecular weight excluding hydrogens is 258 g/mol. The van der Waals surface area contributed by atoms with Crippen LogP contribution in [-0.2, 0) is 0 Å². The fourth-order valence-electron chi connectivity index (χ4n) is 1.89. The van der Waals surface area contributed by atoms with Crippen LogP contribution in [-0.4, -0.2) is 4.98 Å². The predicted octanol–water partition coefficient (Wildman–Crippen LogP) is 5.05. The van der Waals surface area contributed by atoms with E-state index in [0.29, 0.717) is 0 Å². The molecule has 1 nitrogen and oxygen atoms in total. The SMILES string of the molecule is S=c1[nH]cccc1Sc1cccc2ccccc12. The summed E-state index contributed by atoms with van der Waals surface area (Å²) in [6.07, 6.45) is 1.86. The zero-order chi connectivity index (χ0) is 12.4. The van der Waals surface area contributed by atoms with Gasteiger partial charge < -0.3 is 4.98 Å². The van der Waals surface area contributed by atoms with E-state index in [0.717, 1.165) is 9.54 Å². The lowest BCUT2D eigenvalue weighted by Crippen LogP contribution is -1.80. The fourth-order valence-corrected chi connectivity index (χ4v) is 3.13. The molecule has 0 aliphatic rings. The average molecular weight is 269 g/mol. The summed E-state index contributed by atoms with van der Waals surface area (Å²) in [5.74, 6) is 0. The Morgan fingerprint density at radius 2 is 1.61 bits per heavy atom. The van der Waals surface area contributed by atoms with Crippen molar-refractivity contribution in [1.82, 2.24) is 4.98 Å². The Bertz CT molecular complexity index is 741. The van der Waals surface area contributed by atoms with Crippen molar-refractivity contribution < 1.29 is 0 Å². The molecule has 88 valence electrons. The van der Waals surface area contributed by atoms with Crippen LogP contribution >= 0.6 is 24.0 Å². The van der Waals surface area contributed by atoms with Crippen LogP contribution in [0.25, 0.3) is 10.8 Å². The van der Waals surface area contributed by atoms with Gasteiger partial charge in [0.15, 0.2) is 0 Å². The zero-order valence-electron chi connectivity index (χ0n) is 9.59. The number of aromatic nitrogens is 1. The lowest BCUT2D eigenvalue weighted by atomic mass is 10.1. The monoisotopic (exact) mass is 269 g/mol. The Hall–Kier alpha value is -1.58. The van der Waals surface area contributed by atoms with Crippen LogP contribution in [0, 0.1) is 4.64 Å². The van der Waals surface area contributed by atoms with Crippen molar-refractivity contribution in [2.45, 2.75) is 9.79 Å². The van der Waals surface area contributed by atoms with Crippen molar-refractivity contribution in [1.29, 1.82) is 0 Å². The number of hydrogen-bond acceptors (Lipinski definition) is 2. The highest BCUT2D eigenvalue weighted by Crippen LogP contribution is 2.33. The van der Waals surface area contributed by atoms with E-state index >= 15 is 0 Å². The normalized spacial score (nSPS) is 10.7. The quantitative estimate of drug-likeness (QED) is 0.655. The van der Waals surface area contributed by atoms with Gasteiger partial charge >= 0.3 is 0 Å². The van der Waals surface area contributed by atoms with Crippen LogP contribution in [0.5, 0.6) is 0 Å². The number of rotatable bonds is 2. The second kappa shape index (κ2) is 4.96. The summed E-state index contributed by atoms with van der Waals surface area (Å²) in [6.45, 7) is 0. The summed E-state index contributed by atoms with van der Waals surface area (Å²) in [7, 11) is 0. The van der Waals surface area contributed by atoms with Gasteiger partial charge in [-0.15, -0.1) is 0 Å². The first-order valence-electron chi connectivity index (χ1n) is 5.68. The van der Waals surface area contributed by atoms with E-state index in [1.165, 1.54) is 15.7 Å². The summed E-state index contributed by atoms with van der Waals surface area (Å²) in [5, 5.41) is 2.52. The van der Waals surface area contributed by atoms with E-state index in [4.69, 9.17) is 12.2 Å². The maximum atomic E-state index is 5.30. The Labute approximate surface area is 115 Å². The summed E-state index contributed by atoms with van der Waals surface area (Å²) in [6, 6.07) is 18.8. The Balaban J connectivity index is 2.11. The van der Waals surface area contributed by atoms with E-state index in [1.54, 1.807) is 11.8 Å². The van der Waals surface area contributed by atoms with Gasteiger partial charge in [-0.1, -0.05) is 60.4 Å². The number of H-pyrrole nitrogens is 1. The van der Waals surface area contributed by atoms with E-state index < -0.39 is 0 Å². The maximum absolute atomic E-state index is 5.30. The Morgan fingerprint density at radius 1 is 0.833 bits per heavy atom. The lowest BCUT2D eigenvalue weighted by Gasteiger charge is -2.06. The summed E-state index contributed by atoms with van der Waals surface area (Å²) in [5.41, 5.74) is 0. The molecule has 3 heteroatoms. The number of pyridine rings is 1. The average Bonchev–Trinajstić information content (AvgIpc) is 2.42. The summed E-state index contributed by atoms with van der Waals surface area (Å²) in [4.78, 5) is 5.38. The Morgan fingerprint density at radius 3 is 2.50 bits per heavy atom. The molecule has 0 unspecified atom stereocenters. The predicted molar refractivity (Wildman–Crippen MR) is 79.7 cm³/mol. The number of nitrogens with one attached hydrogen (secondary N) is 1. The molecule has 0 amide bonds. The topological polar surface area (TPSA) is 15.8 Å². The first kappa shape index (κ1) is 11.5. The molecule has 1 aromatic heterocycles. The van der Waals surface area contributed by atoms with Crippen LogP contribution in [0.15, 0.2) is 70.6 Å². The number of hydrogen-bond donors (Lipinski definition) is 1. The lowest BCUT2D eigenvalue weighted by molar-refractivity contribution is 1.20. The molecule has 2 aromatic carbocycles. The molecule has 3 aromatic rings. The Kier molecular flexibility index (Phi) is 3.17. The molecule has 1 N–H and O–H groups in total. The van der Waals surface area contributed by atoms with Gasteiger partial charge in [-0.05, 0) is 29.0 Å². The highest BCUT2D eigenvalue weighted by Gasteiger charge is 2.03. The number of fused-ring (bicyclic) bond motifs is 1. The zero-order valence-corrected chi connectivity index (χ0v) is 11.2. The molecule has 18 heavy (non-hydrogen) atoms. The van der Waals surface area contributed by atoms with Crippen LogP contribution in [0.1, 0.15) is 0 Å². The first-order valence-corrected chi connectivity index (χ1v) is 6.90. The van der Waals surface area contributed by atoms with Gasteiger partial charge in [0.2, 0.25) is 0 Å². The smallest absolute Gasteiger partial charge is 0.117 e. The third-order valence-electron chi connectivity index (χ3n) is 2.75. The van der Waals surface area contributed by atoms with Crippen LogP contribution in [0.4, 0.5) is 0 Å². The fraction of sp³-hybridized carbons (Fsp3) is 0. The molecule has 3 rings (SSSR count). The van der Waals surface area contributed by atoms with E-state index in [-0.39, 0.29) is 0 Å². The van der Waals surface area contributed by atoms with Gasteiger partial charge in [-0.3, -0.25) is 0 Å². The van der Waals surface area contributed by atoms with Crippen LogP contribution in [0.3, 0.4) is 0 Å². The van der Waals surface area contributed by atoms with E-state index in [9.17, 15) is 0 Å². The van der Waals surface area contributed by atoms with Crippen molar-refractivity contribution >= 4 is 34.8 Å². The summed E-state index contributed by atoms with van der Waals surface area (Å²) >= 11 is 7.01. The van der Waals surface area contributed by atoms with Gasteiger partial charge in [-0.2, -0.15) is 0 Å². The third-order valence-corrected chi connectivity index (χ3v) is 4.35. The van der Waals surface area contributed by atoms with E-state index in [1.807, 2.05) is 18.3 Å². The second-order valence-electron chi connectivity index (χ2n) is 3.94. The molecule has 1 heterocycles. The second-order valence-corrected chi connectivity index (χ2v) is 5.43. The molecular formula is C15H11NS2. The molecule has 0 aliphatic carbocycles. The number of aromatic amines is 1. The number of benzene rings is 2. The van der Waals surface area contributed by atoms with Gasteiger partial charge in [0.1, 0.15) is 4.64 Å². The molecule has 0 saturated heterocycles. The van der Waals surface area contributed by atoms with Crippen LogP contribution in [0.2, 0.25) is 0 Å². The molecule has 0 radical (unpaired) electrons. The molecule has 0 atom stereocenters. The molecule has 0 saturated carbocycles. The largest absolute Gasteiger partial charge is 0.352 e. The van der Waals surface area contributed by atoms with Gasteiger partial charge in [0.05, 0.1) is 0 Å². The van der Waals surface area contributed by atoms with Crippen molar-refractivity contribution in [2.24, 2.45) is 0 Å². The van der Waals surface area contributed by atoms with Crippen molar-refractivity contribution in [3.05, 3.63) is 65.4 Å². The molecule has 0 spiro atoms. The molecule has 0 fully saturated rings. The van der Waals surface area contributed by atoms with Crippen LogP contribution < -0.4 is 0 Å². The first-order chi connectivity index (χ1) is 8.84. The van der Waals surface area contributed by atoms with Gasteiger partial charge in [-0.25, -0.2) is 0 Å². The van der Waals surface area contributed by atoms with Gasteiger partial charge in [0, 0.05) is 16.0 Å². The minimum Gasteiger partial charge on any atom is -0.352 e. The minimum atomic E-state index is 0.787. The van der Waals surface area contributed by atoms with Crippen molar-refractivity contribution in [2.75, 3.05) is 0 Å². The van der Waals surface area contributed by atoms with E-state index in [2.05, 4.69) is 47.4 Å². The standard InChI is InChI=1S/C15H11NS2/c17-15-14(9-4-10-16-15)18-13-8-3-6-11-5-1-2-7-12(11)13/h1-10H,(H,16,17). The maximum Gasteiger partial charge on any atom is 0.117 e. The molecule has 0 aliphatic heterocycles. The van der Waals surface area contributed by atoms with Crippen molar-refractivity contribution in [3.63, 3.8) is 0 Å². The third kappa shape index (κ3) is 2.19. The van der Waals surface area contributed by atoms with Gasteiger partial charge in [0.25, 0.3) is 0 Å².